The molecule has 0 radical (unpaired) electrons. The third-order valence-electron chi connectivity index (χ3n) is 4.10. The highest BCUT2D eigenvalue weighted by Crippen LogP contribution is 2.31. The van der Waals surface area contributed by atoms with Crippen molar-refractivity contribution in [2.24, 2.45) is 0 Å². The van der Waals surface area contributed by atoms with E-state index in [1.807, 2.05) is 4.90 Å². The van der Waals surface area contributed by atoms with Crippen molar-refractivity contribution < 1.29 is 22.5 Å². The molecule has 0 spiro atoms. The molecule has 26 heavy (non-hydrogen) atoms. The van der Waals surface area contributed by atoms with Crippen LogP contribution in [0.2, 0.25) is 0 Å². The molecule has 1 fully saturated rings. The van der Waals surface area contributed by atoms with E-state index in [9.17, 15) is 18.0 Å². The van der Waals surface area contributed by atoms with Gasteiger partial charge in [-0.1, -0.05) is 35.5 Å². The fraction of sp³-hybridized carbons (Fsp3) is 0.389. The molecular weight excluding hydrogens is 347 g/mol. The molecule has 2 aromatic rings. The minimum atomic E-state index is -4.66. The summed E-state index contributed by atoms with van der Waals surface area (Å²) in [5.74, 6) is -1.40. The van der Waals surface area contributed by atoms with Gasteiger partial charge in [0, 0.05) is 24.6 Å². The van der Waals surface area contributed by atoms with Gasteiger partial charge >= 0.3 is 12.1 Å². The predicted octanol–water partition coefficient (Wildman–Crippen LogP) is 4.21. The molecule has 1 aromatic carbocycles. The summed E-state index contributed by atoms with van der Waals surface area (Å²) in [6.07, 6.45) is 0.128. The first kappa shape index (κ1) is 18.2. The Morgan fingerprint density at radius 3 is 2.54 bits per heavy atom. The number of aromatic nitrogens is 2. The minimum Gasteiger partial charge on any atom is -0.335 e. The average Bonchev–Trinajstić information content (AvgIpc) is 3.31. The maximum absolute atomic E-state index is 12.5. The normalized spacial score (nSPS) is 14.3. The van der Waals surface area contributed by atoms with Crippen molar-refractivity contribution in [2.75, 3.05) is 0 Å². The predicted molar refractivity (Wildman–Crippen MR) is 87.7 cm³/mol. The summed E-state index contributed by atoms with van der Waals surface area (Å²) in [6, 6.07) is 7.04. The highest BCUT2D eigenvalue weighted by molar-refractivity contribution is 5.77. The van der Waals surface area contributed by atoms with E-state index in [0.29, 0.717) is 24.9 Å². The molecule has 0 unspecified atom stereocenters. The maximum Gasteiger partial charge on any atom is 0.471 e. The number of allylic oxidation sites excluding steroid dienone is 1. The molecular formula is C18H18F3N3O2. The SMILES string of the molecule is C=CCCC(=O)N(Cc1ccc(-c2noc(C(F)(F)F)n2)cc1)C1CC1. The molecule has 0 bridgehead atoms. The van der Waals surface area contributed by atoms with E-state index in [4.69, 9.17) is 0 Å². The number of rotatable bonds is 7. The highest BCUT2D eigenvalue weighted by Gasteiger charge is 2.38. The van der Waals surface area contributed by atoms with Crippen LogP contribution in [0.1, 0.15) is 37.1 Å². The fourth-order valence-corrected chi connectivity index (χ4v) is 2.59. The Balaban J connectivity index is 1.69. The van der Waals surface area contributed by atoms with Crippen LogP contribution in [-0.2, 0) is 17.5 Å². The van der Waals surface area contributed by atoms with Gasteiger partial charge in [0.15, 0.2) is 0 Å². The Morgan fingerprint density at radius 1 is 1.31 bits per heavy atom. The number of carbonyl (C=O) groups excluding carboxylic acids is 1. The van der Waals surface area contributed by atoms with Crippen LogP contribution in [0.4, 0.5) is 13.2 Å². The zero-order valence-corrected chi connectivity index (χ0v) is 14.0. The van der Waals surface area contributed by atoms with Gasteiger partial charge in [0.2, 0.25) is 11.7 Å². The Bertz CT molecular complexity index is 780. The van der Waals surface area contributed by atoms with Gasteiger partial charge < -0.3 is 9.42 Å². The molecule has 1 heterocycles. The summed E-state index contributed by atoms with van der Waals surface area (Å²) in [4.78, 5) is 17.5. The van der Waals surface area contributed by atoms with Gasteiger partial charge in [-0.05, 0) is 24.8 Å². The number of nitrogens with zero attached hydrogens (tertiary/aromatic N) is 3. The van der Waals surface area contributed by atoms with E-state index >= 15 is 0 Å². The molecule has 1 aliphatic carbocycles. The molecule has 1 aromatic heterocycles. The first-order valence-electron chi connectivity index (χ1n) is 8.29. The largest absolute Gasteiger partial charge is 0.471 e. The van der Waals surface area contributed by atoms with Gasteiger partial charge in [0.25, 0.3) is 0 Å². The number of hydrogen-bond donors (Lipinski definition) is 0. The van der Waals surface area contributed by atoms with E-state index in [-0.39, 0.29) is 17.8 Å². The second-order valence-corrected chi connectivity index (χ2v) is 6.20. The third kappa shape index (κ3) is 4.30. The Labute approximate surface area is 148 Å². The Morgan fingerprint density at radius 2 is 2.00 bits per heavy atom. The molecule has 0 atom stereocenters. The maximum atomic E-state index is 12.5. The first-order chi connectivity index (χ1) is 12.4. The Kier molecular flexibility index (Phi) is 5.11. The molecule has 1 amide bonds. The van der Waals surface area contributed by atoms with Gasteiger partial charge in [-0.15, -0.1) is 6.58 Å². The van der Waals surface area contributed by atoms with Crippen LogP contribution in [0.25, 0.3) is 11.4 Å². The molecule has 1 saturated carbocycles. The summed E-state index contributed by atoms with van der Waals surface area (Å²) in [5, 5.41) is 3.36. The van der Waals surface area contributed by atoms with Crippen LogP contribution in [0.15, 0.2) is 41.4 Å². The van der Waals surface area contributed by atoms with E-state index < -0.39 is 12.1 Å². The number of amides is 1. The number of hydrogen-bond acceptors (Lipinski definition) is 4. The van der Waals surface area contributed by atoms with Crippen molar-refractivity contribution in [3.63, 3.8) is 0 Å². The third-order valence-corrected chi connectivity index (χ3v) is 4.10. The second kappa shape index (κ2) is 7.31. The Hall–Kier alpha value is -2.64. The topological polar surface area (TPSA) is 59.2 Å². The summed E-state index contributed by atoms with van der Waals surface area (Å²) in [5.41, 5.74) is 1.32. The minimum absolute atomic E-state index is 0.0875. The lowest BCUT2D eigenvalue weighted by atomic mass is 10.1. The molecule has 8 heteroatoms. The molecule has 0 N–H and O–H groups in total. The smallest absolute Gasteiger partial charge is 0.335 e. The van der Waals surface area contributed by atoms with Crippen molar-refractivity contribution in [3.05, 3.63) is 48.4 Å². The van der Waals surface area contributed by atoms with Crippen molar-refractivity contribution >= 4 is 5.91 Å². The lowest BCUT2D eigenvalue weighted by molar-refractivity contribution is -0.159. The van der Waals surface area contributed by atoms with E-state index in [2.05, 4.69) is 21.2 Å². The molecule has 0 saturated heterocycles. The lowest BCUT2D eigenvalue weighted by Crippen LogP contribution is -2.32. The van der Waals surface area contributed by atoms with Crippen LogP contribution in [-0.4, -0.2) is 27.0 Å². The molecule has 0 aliphatic heterocycles. The molecule has 3 rings (SSSR count). The number of benzene rings is 1. The first-order valence-corrected chi connectivity index (χ1v) is 8.29. The zero-order chi connectivity index (χ0) is 18.7. The van der Waals surface area contributed by atoms with Crippen LogP contribution in [0.3, 0.4) is 0 Å². The molecule has 1 aliphatic rings. The van der Waals surface area contributed by atoms with Gasteiger partial charge in [0.05, 0.1) is 0 Å². The summed E-state index contributed by atoms with van der Waals surface area (Å²) in [7, 11) is 0. The average molecular weight is 365 g/mol. The standard InChI is InChI=1S/C18H18F3N3O2/c1-2-3-4-15(25)24(14-9-10-14)11-12-5-7-13(8-6-12)16-22-17(26-23-16)18(19,20)21/h2,5-8,14H,1,3-4,9-11H2. The van der Waals surface area contributed by atoms with Crippen molar-refractivity contribution in [1.29, 1.82) is 0 Å². The van der Waals surface area contributed by atoms with Gasteiger partial charge in [-0.3, -0.25) is 4.79 Å². The molecule has 138 valence electrons. The van der Waals surface area contributed by atoms with Crippen LogP contribution >= 0.6 is 0 Å². The van der Waals surface area contributed by atoms with Crippen LogP contribution in [0.5, 0.6) is 0 Å². The number of halogens is 3. The van der Waals surface area contributed by atoms with Crippen molar-refractivity contribution in [1.82, 2.24) is 15.0 Å². The second-order valence-electron chi connectivity index (χ2n) is 6.20. The molecule has 5 nitrogen and oxygen atoms in total. The van der Waals surface area contributed by atoms with Crippen LogP contribution in [0, 0.1) is 0 Å². The monoisotopic (exact) mass is 365 g/mol. The number of alkyl halides is 3. The van der Waals surface area contributed by atoms with Crippen molar-refractivity contribution in [3.8, 4) is 11.4 Å². The van der Waals surface area contributed by atoms with E-state index in [1.165, 1.54) is 0 Å². The summed E-state index contributed by atoms with van der Waals surface area (Å²) in [6.45, 7) is 4.10. The van der Waals surface area contributed by atoms with E-state index in [1.54, 1.807) is 30.3 Å². The lowest BCUT2D eigenvalue weighted by Gasteiger charge is -2.22. The van der Waals surface area contributed by atoms with Gasteiger partial charge in [0.1, 0.15) is 0 Å². The summed E-state index contributed by atoms with van der Waals surface area (Å²) < 4.78 is 41.8. The van der Waals surface area contributed by atoms with Crippen LogP contribution < -0.4 is 0 Å². The highest BCUT2D eigenvalue weighted by atomic mass is 19.4. The van der Waals surface area contributed by atoms with E-state index in [0.717, 1.165) is 18.4 Å². The quantitative estimate of drug-likeness (QED) is 0.690. The number of carbonyl (C=O) groups is 1. The zero-order valence-electron chi connectivity index (χ0n) is 14.0. The van der Waals surface area contributed by atoms with Crippen molar-refractivity contribution in [2.45, 2.75) is 44.4 Å². The fourth-order valence-electron chi connectivity index (χ4n) is 2.59. The van der Waals surface area contributed by atoms with Gasteiger partial charge in [-0.2, -0.15) is 18.2 Å². The van der Waals surface area contributed by atoms with Gasteiger partial charge in [-0.25, -0.2) is 0 Å². The summed E-state index contributed by atoms with van der Waals surface area (Å²) >= 11 is 0.